The van der Waals surface area contributed by atoms with Gasteiger partial charge < -0.3 is 15.3 Å². The molecular formula is C13H22N2O3. The van der Waals surface area contributed by atoms with Crippen LogP contribution in [-0.4, -0.2) is 48.1 Å². The quantitative estimate of drug-likeness (QED) is 0.775. The summed E-state index contributed by atoms with van der Waals surface area (Å²) < 4.78 is 0. The molecule has 2 saturated heterocycles. The van der Waals surface area contributed by atoms with Crippen molar-refractivity contribution in [3.8, 4) is 0 Å². The van der Waals surface area contributed by atoms with Crippen LogP contribution in [0.4, 0.5) is 0 Å². The van der Waals surface area contributed by atoms with Crippen molar-refractivity contribution in [2.24, 2.45) is 11.8 Å². The van der Waals surface area contributed by atoms with Gasteiger partial charge in [0.25, 0.3) is 0 Å². The van der Waals surface area contributed by atoms with Gasteiger partial charge in [-0.15, -0.1) is 0 Å². The first kappa shape index (κ1) is 13.3. The van der Waals surface area contributed by atoms with Gasteiger partial charge >= 0.3 is 5.97 Å². The molecule has 2 heterocycles. The van der Waals surface area contributed by atoms with Crippen molar-refractivity contribution >= 4 is 11.9 Å². The largest absolute Gasteiger partial charge is 0.481 e. The van der Waals surface area contributed by atoms with E-state index in [1.165, 1.54) is 12.8 Å². The standard InChI is InChI=1S/C13H22N2O3/c16-12(4-3-10-2-1-6-14-8-10)15-7-5-11(9-15)13(17)18/h10-11,14H,1-9H2,(H,17,18). The van der Waals surface area contributed by atoms with Crippen LogP contribution in [0.25, 0.3) is 0 Å². The molecule has 2 aliphatic rings. The highest BCUT2D eigenvalue weighted by Crippen LogP contribution is 2.20. The van der Waals surface area contributed by atoms with Crippen molar-refractivity contribution in [1.82, 2.24) is 10.2 Å². The highest BCUT2D eigenvalue weighted by Gasteiger charge is 2.30. The average molecular weight is 254 g/mol. The predicted molar refractivity (Wildman–Crippen MR) is 67.2 cm³/mol. The Morgan fingerprint density at radius 3 is 2.78 bits per heavy atom. The third-order valence-corrected chi connectivity index (χ3v) is 4.06. The Hall–Kier alpha value is -1.10. The number of likely N-dealkylation sites (tertiary alicyclic amines) is 1. The van der Waals surface area contributed by atoms with Gasteiger partial charge in [0.2, 0.25) is 5.91 Å². The third-order valence-electron chi connectivity index (χ3n) is 4.06. The highest BCUT2D eigenvalue weighted by atomic mass is 16.4. The molecule has 102 valence electrons. The van der Waals surface area contributed by atoms with Crippen molar-refractivity contribution in [3.63, 3.8) is 0 Å². The molecule has 0 aliphatic carbocycles. The van der Waals surface area contributed by atoms with Gasteiger partial charge in [-0.1, -0.05) is 0 Å². The minimum atomic E-state index is -0.776. The van der Waals surface area contributed by atoms with Gasteiger partial charge in [0, 0.05) is 19.5 Å². The molecule has 0 aromatic heterocycles. The fourth-order valence-electron chi connectivity index (χ4n) is 2.84. The Morgan fingerprint density at radius 1 is 1.33 bits per heavy atom. The SMILES string of the molecule is O=C(O)C1CCN(C(=O)CCC2CCCNC2)C1. The zero-order valence-electron chi connectivity index (χ0n) is 10.7. The van der Waals surface area contributed by atoms with Gasteiger partial charge in [-0.05, 0) is 44.7 Å². The summed E-state index contributed by atoms with van der Waals surface area (Å²) in [6.45, 7) is 3.12. The van der Waals surface area contributed by atoms with Crippen molar-refractivity contribution < 1.29 is 14.7 Å². The molecule has 5 nitrogen and oxygen atoms in total. The molecule has 2 rings (SSSR count). The maximum Gasteiger partial charge on any atom is 0.308 e. The molecule has 0 aromatic rings. The summed E-state index contributed by atoms with van der Waals surface area (Å²) in [6.07, 6.45) is 4.51. The Labute approximate surface area is 108 Å². The van der Waals surface area contributed by atoms with E-state index in [0.717, 1.165) is 19.5 Å². The van der Waals surface area contributed by atoms with Crippen LogP contribution < -0.4 is 5.32 Å². The molecule has 2 atom stereocenters. The van der Waals surface area contributed by atoms with Crippen molar-refractivity contribution in [2.45, 2.75) is 32.1 Å². The normalized spacial score (nSPS) is 28.3. The van der Waals surface area contributed by atoms with E-state index in [1.807, 2.05) is 0 Å². The Kier molecular flexibility index (Phi) is 4.58. The number of nitrogens with one attached hydrogen (secondary N) is 1. The van der Waals surface area contributed by atoms with Gasteiger partial charge in [-0.3, -0.25) is 9.59 Å². The van der Waals surface area contributed by atoms with Gasteiger partial charge in [0.15, 0.2) is 0 Å². The fourth-order valence-corrected chi connectivity index (χ4v) is 2.84. The van der Waals surface area contributed by atoms with Crippen molar-refractivity contribution in [2.75, 3.05) is 26.2 Å². The van der Waals surface area contributed by atoms with E-state index in [2.05, 4.69) is 5.32 Å². The average Bonchev–Trinajstić information content (AvgIpc) is 2.87. The second-order valence-corrected chi connectivity index (χ2v) is 5.41. The van der Waals surface area contributed by atoms with E-state index < -0.39 is 5.97 Å². The first-order chi connectivity index (χ1) is 8.66. The monoisotopic (exact) mass is 254 g/mol. The summed E-state index contributed by atoms with van der Waals surface area (Å²) in [6, 6.07) is 0. The van der Waals surface area contributed by atoms with Crippen LogP contribution in [0.15, 0.2) is 0 Å². The van der Waals surface area contributed by atoms with Crippen LogP contribution in [0, 0.1) is 11.8 Å². The lowest BCUT2D eigenvalue weighted by Crippen LogP contribution is -2.33. The lowest BCUT2D eigenvalue weighted by atomic mass is 9.94. The number of nitrogens with zero attached hydrogens (tertiary/aromatic N) is 1. The summed E-state index contributed by atoms with van der Waals surface area (Å²) in [4.78, 5) is 24.5. The molecule has 0 saturated carbocycles. The molecule has 1 amide bonds. The molecular weight excluding hydrogens is 232 g/mol. The molecule has 0 bridgehead atoms. The van der Waals surface area contributed by atoms with Crippen molar-refractivity contribution in [1.29, 1.82) is 0 Å². The minimum Gasteiger partial charge on any atom is -0.481 e. The molecule has 2 N–H and O–H groups in total. The zero-order chi connectivity index (χ0) is 13.0. The predicted octanol–water partition coefficient (Wildman–Crippen LogP) is 0.699. The van der Waals surface area contributed by atoms with Crippen LogP contribution in [0.1, 0.15) is 32.1 Å². The number of rotatable bonds is 4. The maximum atomic E-state index is 12.0. The lowest BCUT2D eigenvalue weighted by molar-refractivity contribution is -0.141. The number of hydrogen-bond donors (Lipinski definition) is 2. The van der Waals surface area contributed by atoms with E-state index >= 15 is 0 Å². The summed E-state index contributed by atoms with van der Waals surface area (Å²) in [7, 11) is 0. The first-order valence-corrected chi connectivity index (χ1v) is 6.88. The topological polar surface area (TPSA) is 69.6 Å². The van der Waals surface area contributed by atoms with E-state index in [1.54, 1.807) is 4.90 Å². The van der Waals surface area contributed by atoms with Crippen LogP contribution in [0.2, 0.25) is 0 Å². The number of carbonyl (C=O) groups excluding carboxylic acids is 1. The van der Waals surface area contributed by atoms with Crippen LogP contribution in [0.5, 0.6) is 0 Å². The molecule has 2 unspecified atom stereocenters. The van der Waals surface area contributed by atoms with Crippen molar-refractivity contribution in [3.05, 3.63) is 0 Å². The number of piperidine rings is 1. The molecule has 18 heavy (non-hydrogen) atoms. The minimum absolute atomic E-state index is 0.129. The van der Waals surface area contributed by atoms with E-state index in [4.69, 9.17) is 5.11 Å². The molecule has 0 radical (unpaired) electrons. The summed E-state index contributed by atoms with van der Waals surface area (Å²) >= 11 is 0. The maximum absolute atomic E-state index is 12.0. The van der Waals surface area contributed by atoms with E-state index in [9.17, 15) is 9.59 Å². The number of carboxylic acid groups (broad SMARTS) is 1. The first-order valence-electron chi connectivity index (χ1n) is 6.88. The second-order valence-electron chi connectivity index (χ2n) is 5.41. The summed E-state index contributed by atoms with van der Waals surface area (Å²) in [5.74, 6) is -0.392. The van der Waals surface area contributed by atoms with E-state index in [0.29, 0.717) is 31.8 Å². The Morgan fingerprint density at radius 2 is 2.17 bits per heavy atom. The van der Waals surface area contributed by atoms with Crippen LogP contribution >= 0.6 is 0 Å². The van der Waals surface area contributed by atoms with Crippen LogP contribution in [0.3, 0.4) is 0 Å². The van der Waals surface area contributed by atoms with Crippen LogP contribution in [-0.2, 0) is 9.59 Å². The fraction of sp³-hybridized carbons (Fsp3) is 0.846. The highest BCUT2D eigenvalue weighted by molar-refractivity contribution is 5.78. The van der Waals surface area contributed by atoms with Gasteiger partial charge in [-0.25, -0.2) is 0 Å². The third kappa shape index (κ3) is 3.45. The number of aliphatic carboxylic acids is 1. The molecule has 0 spiro atoms. The Bertz CT molecular complexity index is 313. The van der Waals surface area contributed by atoms with Gasteiger partial charge in [-0.2, -0.15) is 0 Å². The second kappa shape index (κ2) is 6.18. The van der Waals surface area contributed by atoms with E-state index in [-0.39, 0.29) is 11.8 Å². The summed E-state index contributed by atoms with van der Waals surface area (Å²) in [5.41, 5.74) is 0. The molecule has 2 fully saturated rings. The summed E-state index contributed by atoms with van der Waals surface area (Å²) in [5, 5.41) is 12.2. The lowest BCUT2D eigenvalue weighted by Gasteiger charge is -2.23. The smallest absolute Gasteiger partial charge is 0.308 e. The number of hydrogen-bond acceptors (Lipinski definition) is 3. The molecule has 2 aliphatic heterocycles. The molecule has 0 aromatic carbocycles. The number of carboxylic acids is 1. The molecule has 5 heteroatoms. The number of amides is 1. The van der Waals surface area contributed by atoms with Gasteiger partial charge in [0.05, 0.1) is 5.92 Å². The zero-order valence-corrected chi connectivity index (χ0v) is 10.7. The Balaban J connectivity index is 1.70. The van der Waals surface area contributed by atoms with Gasteiger partial charge in [0.1, 0.15) is 0 Å². The number of carbonyl (C=O) groups is 2.